The van der Waals surface area contributed by atoms with Crippen molar-refractivity contribution in [3.63, 3.8) is 0 Å². The highest BCUT2D eigenvalue weighted by Gasteiger charge is 2.35. The molecule has 3 aromatic rings. The number of fused-ring (bicyclic) bond motifs is 1. The van der Waals surface area contributed by atoms with Crippen LogP contribution in [-0.2, 0) is 4.79 Å². The van der Waals surface area contributed by atoms with Crippen LogP contribution in [0, 0.1) is 6.92 Å². The molecule has 1 aliphatic heterocycles. The maximum absolute atomic E-state index is 13.4. The largest absolute Gasteiger partial charge is 0.495 e. The Morgan fingerprint density at radius 2 is 2.00 bits per heavy atom. The number of halogens is 1. The molecule has 1 atom stereocenters. The number of allylic oxidation sites excluding steroid dienone is 1. The maximum Gasteiger partial charge on any atom is 0.256 e. The fourth-order valence-electron chi connectivity index (χ4n) is 3.40. The topological polar surface area (TPSA) is 103 Å². The van der Waals surface area contributed by atoms with E-state index in [-0.39, 0.29) is 5.91 Å². The van der Waals surface area contributed by atoms with E-state index in [4.69, 9.17) is 25.5 Å². The number of ether oxygens (including phenoxy) is 2. The summed E-state index contributed by atoms with van der Waals surface area (Å²) in [5.74, 6) is 2.29. The summed E-state index contributed by atoms with van der Waals surface area (Å²) in [6.45, 7) is 3.64. The predicted octanol–water partition coefficient (Wildman–Crippen LogP) is 3.78. The highest BCUT2D eigenvalue weighted by atomic mass is 35.5. The second-order valence-corrected chi connectivity index (χ2v) is 7.09. The van der Waals surface area contributed by atoms with E-state index in [9.17, 15) is 4.79 Å². The summed E-state index contributed by atoms with van der Waals surface area (Å²) in [5.41, 5.74) is 1.48. The number of carbonyl (C=O) groups excluding carboxylic acids is 1. The lowest BCUT2D eigenvalue weighted by molar-refractivity contribution is -0.113. The molecule has 0 bridgehead atoms. The van der Waals surface area contributed by atoms with Gasteiger partial charge in [-0.2, -0.15) is 10.1 Å². The molecule has 0 unspecified atom stereocenters. The number of nitrogens with one attached hydrogen (secondary N) is 2. The second kappa shape index (κ2) is 7.75. The molecule has 10 heteroatoms. The Morgan fingerprint density at radius 3 is 2.67 bits per heavy atom. The minimum Gasteiger partial charge on any atom is -0.495 e. The van der Waals surface area contributed by atoms with Crippen LogP contribution in [0.5, 0.6) is 11.5 Å². The summed E-state index contributed by atoms with van der Waals surface area (Å²) in [7, 11) is 3.00. The monoisotopic (exact) mass is 429 g/mol. The zero-order chi connectivity index (χ0) is 21.4. The average molecular weight is 430 g/mol. The van der Waals surface area contributed by atoms with Gasteiger partial charge in [0.2, 0.25) is 5.95 Å². The Bertz CT molecular complexity index is 1150. The molecule has 0 radical (unpaired) electrons. The summed E-state index contributed by atoms with van der Waals surface area (Å²) in [6.07, 6.45) is 1.42. The number of amides is 1. The van der Waals surface area contributed by atoms with E-state index in [1.165, 1.54) is 20.5 Å². The molecular formula is C20H20ClN5O4. The molecule has 1 aliphatic rings. The SMILES string of the molecule is COc1cc(NC(=O)C2=C(C)Nc3ncnn3[C@H]2c2ccc(C)o2)c(OC)cc1Cl. The van der Waals surface area contributed by atoms with E-state index in [2.05, 4.69) is 20.7 Å². The number of nitrogens with zero attached hydrogens (tertiary/aromatic N) is 3. The third kappa shape index (κ3) is 3.37. The van der Waals surface area contributed by atoms with Crippen molar-refractivity contribution in [3.8, 4) is 11.5 Å². The van der Waals surface area contributed by atoms with Gasteiger partial charge in [0.25, 0.3) is 5.91 Å². The molecule has 2 N–H and O–H groups in total. The Hall–Kier alpha value is -3.46. The van der Waals surface area contributed by atoms with E-state index in [1.54, 1.807) is 23.7 Å². The number of hydrogen-bond acceptors (Lipinski definition) is 7. The Labute approximate surface area is 177 Å². The van der Waals surface area contributed by atoms with Crippen LogP contribution >= 0.6 is 11.6 Å². The number of aryl methyl sites for hydroxylation is 1. The van der Waals surface area contributed by atoms with Gasteiger partial charge >= 0.3 is 0 Å². The van der Waals surface area contributed by atoms with Crippen molar-refractivity contribution in [2.24, 2.45) is 0 Å². The maximum atomic E-state index is 13.4. The molecule has 0 fully saturated rings. The van der Waals surface area contributed by atoms with Crippen LogP contribution in [0.3, 0.4) is 0 Å². The number of hydrogen-bond donors (Lipinski definition) is 2. The summed E-state index contributed by atoms with van der Waals surface area (Å²) in [5, 5.41) is 10.7. The lowest BCUT2D eigenvalue weighted by Gasteiger charge is -2.27. The third-order valence-electron chi connectivity index (χ3n) is 4.79. The van der Waals surface area contributed by atoms with E-state index < -0.39 is 6.04 Å². The van der Waals surface area contributed by atoms with Crippen molar-refractivity contribution in [2.45, 2.75) is 19.9 Å². The molecule has 1 aromatic carbocycles. The van der Waals surface area contributed by atoms with Gasteiger partial charge in [-0.25, -0.2) is 4.68 Å². The zero-order valence-corrected chi connectivity index (χ0v) is 17.6. The van der Waals surface area contributed by atoms with Crippen molar-refractivity contribution < 1.29 is 18.7 Å². The fraction of sp³-hybridized carbons (Fsp3) is 0.250. The number of carbonyl (C=O) groups is 1. The number of rotatable bonds is 5. The van der Waals surface area contributed by atoms with Gasteiger partial charge in [-0.1, -0.05) is 11.6 Å². The first-order valence-electron chi connectivity index (χ1n) is 9.09. The molecule has 0 saturated heterocycles. The smallest absolute Gasteiger partial charge is 0.256 e. The molecule has 156 valence electrons. The van der Waals surface area contributed by atoms with Gasteiger partial charge in [-0.05, 0) is 26.0 Å². The van der Waals surface area contributed by atoms with Crippen LogP contribution in [-0.4, -0.2) is 34.9 Å². The van der Waals surface area contributed by atoms with Crippen LogP contribution < -0.4 is 20.1 Å². The molecule has 9 nitrogen and oxygen atoms in total. The zero-order valence-electron chi connectivity index (χ0n) is 16.8. The lowest BCUT2D eigenvalue weighted by atomic mass is 10.00. The number of aromatic nitrogens is 3. The first kappa shape index (κ1) is 19.8. The molecule has 30 heavy (non-hydrogen) atoms. The predicted molar refractivity (Wildman–Crippen MR) is 111 cm³/mol. The van der Waals surface area contributed by atoms with Gasteiger partial charge < -0.3 is 24.5 Å². The van der Waals surface area contributed by atoms with Gasteiger partial charge in [0.05, 0.1) is 30.5 Å². The number of benzene rings is 1. The Kier molecular flexibility index (Phi) is 5.13. The average Bonchev–Trinajstić information content (AvgIpc) is 3.36. The van der Waals surface area contributed by atoms with Crippen molar-refractivity contribution in [3.05, 3.63) is 58.4 Å². The van der Waals surface area contributed by atoms with Crippen LogP contribution in [0.4, 0.5) is 11.6 Å². The Balaban J connectivity index is 1.75. The van der Waals surface area contributed by atoms with Gasteiger partial charge in [-0.3, -0.25) is 4.79 Å². The first-order chi connectivity index (χ1) is 14.4. The van der Waals surface area contributed by atoms with Crippen molar-refractivity contribution >= 4 is 29.1 Å². The summed E-state index contributed by atoms with van der Waals surface area (Å²) < 4.78 is 18.1. The minimum atomic E-state index is -0.586. The molecular weight excluding hydrogens is 410 g/mol. The summed E-state index contributed by atoms with van der Waals surface area (Å²) in [4.78, 5) is 17.6. The molecule has 2 aromatic heterocycles. The lowest BCUT2D eigenvalue weighted by Crippen LogP contribution is -2.31. The standard InChI is InChI=1S/C20H20ClN5O4/c1-10-5-6-14(30-10)18-17(11(2)24-20-22-9-23-26(18)20)19(27)25-13-8-15(28-3)12(21)7-16(13)29-4/h5-9,18H,1-4H3,(H,25,27)(H,22,23,24)/t18-/m0/s1. The van der Waals surface area contributed by atoms with Crippen LogP contribution in [0.2, 0.25) is 5.02 Å². The molecule has 4 rings (SSSR count). The van der Waals surface area contributed by atoms with E-state index in [1.807, 2.05) is 19.1 Å². The molecule has 0 spiro atoms. The summed E-state index contributed by atoms with van der Waals surface area (Å²) >= 11 is 6.17. The van der Waals surface area contributed by atoms with Gasteiger partial charge in [0.15, 0.2) is 0 Å². The van der Waals surface area contributed by atoms with E-state index in [0.29, 0.717) is 45.2 Å². The highest BCUT2D eigenvalue weighted by molar-refractivity contribution is 6.32. The third-order valence-corrected chi connectivity index (χ3v) is 5.09. The van der Waals surface area contributed by atoms with E-state index >= 15 is 0 Å². The van der Waals surface area contributed by atoms with Crippen LogP contribution in [0.1, 0.15) is 24.5 Å². The number of methoxy groups -OCH3 is 2. The quantitative estimate of drug-likeness (QED) is 0.636. The molecule has 3 heterocycles. The van der Waals surface area contributed by atoms with Crippen molar-refractivity contribution in [2.75, 3.05) is 24.9 Å². The minimum absolute atomic E-state index is 0.358. The summed E-state index contributed by atoms with van der Waals surface area (Å²) in [6, 6.07) is 6.27. The number of furan rings is 1. The van der Waals surface area contributed by atoms with Gasteiger partial charge in [0, 0.05) is 17.8 Å². The van der Waals surface area contributed by atoms with Crippen molar-refractivity contribution in [1.29, 1.82) is 0 Å². The fourth-order valence-corrected chi connectivity index (χ4v) is 3.63. The van der Waals surface area contributed by atoms with Crippen LogP contribution in [0.25, 0.3) is 0 Å². The molecule has 0 aliphatic carbocycles. The van der Waals surface area contributed by atoms with Crippen molar-refractivity contribution in [1.82, 2.24) is 14.8 Å². The first-order valence-corrected chi connectivity index (χ1v) is 9.47. The van der Waals surface area contributed by atoms with Gasteiger partial charge in [0.1, 0.15) is 35.4 Å². The normalized spacial score (nSPS) is 15.4. The molecule has 0 saturated carbocycles. The van der Waals surface area contributed by atoms with E-state index in [0.717, 1.165) is 5.76 Å². The van der Waals surface area contributed by atoms with Gasteiger partial charge in [-0.15, -0.1) is 0 Å². The Morgan fingerprint density at radius 1 is 1.23 bits per heavy atom. The van der Waals surface area contributed by atoms with Crippen LogP contribution in [0.15, 0.2) is 46.3 Å². The highest BCUT2D eigenvalue weighted by Crippen LogP contribution is 2.39. The second-order valence-electron chi connectivity index (χ2n) is 6.68. The molecule has 1 amide bonds. The number of anilines is 2.